The van der Waals surface area contributed by atoms with Crippen molar-refractivity contribution < 1.29 is 14.4 Å². The molecule has 0 aliphatic carbocycles. The zero-order valence-corrected chi connectivity index (χ0v) is 17.1. The molecule has 0 fully saturated rings. The number of anilines is 1. The first-order valence-electron chi connectivity index (χ1n) is 10.1. The average molecular weight is 385 g/mol. The Labute approximate surface area is 159 Å². The Balaban J connectivity index is 2.03. The lowest BCUT2D eigenvalue weighted by atomic mass is 10.1. The molecule has 4 N–H and O–H groups in total. The van der Waals surface area contributed by atoms with Gasteiger partial charge in [0.2, 0.25) is 0 Å². The molecule has 1 rings (SSSR count). The Morgan fingerprint density at radius 3 is 2.08 bits per heavy atom. The molecule has 150 valence electrons. The van der Waals surface area contributed by atoms with E-state index in [0.717, 1.165) is 18.8 Å². The van der Waals surface area contributed by atoms with Crippen LogP contribution in [0.15, 0.2) is 24.3 Å². The van der Waals surface area contributed by atoms with Gasteiger partial charge in [0, 0.05) is 18.8 Å². The molecule has 0 spiro atoms. The van der Waals surface area contributed by atoms with Gasteiger partial charge < -0.3 is 20.4 Å². The van der Waals surface area contributed by atoms with Crippen molar-refractivity contribution in [3.8, 4) is 0 Å². The number of rotatable bonds is 16. The second kappa shape index (κ2) is 14.2. The van der Waals surface area contributed by atoms with E-state index in [1.54, 1.807) is 0 Å². The quantitative estimate of drug-likeness (QED) is 0.241. The van der Waals surface area contributed by atoms with Gasteiger partial charge in [0.1, 0.15) is 0 Å². The van der Waals surface area contributed by atoms with Crippen LogP contribution in [0.3, 0.4) is 0 Å². The molecule has 0 aliphatic rings. The molecule has 0 saturated heterocycles. The summed E-state index contributed by atoms with van der Waals surface area (Å²) in [5.74, 6) is 0. The Hall–Kier alpha value is -0.870. The molecule has 5 nitrogen and oxygen atoms in total. The number of hydrogen-bond acceptors (Lipinski definition) is 3. The normalized spacial score (nSPS) is 11.7. The van der Waals surface area contributed by atoms with E-state index in [9.17, 15) is 4.57 Å². The van der Waals surface area contributed by atoms with Crippen molar-refractivity contribution in [3.63, 3.8) is 0 Å². The predicted molar refractivity (Wildman–Crippen MR) is 111 cm³/mol. The smallest absolute Gasteiger partial charge is 0.325 e. The fourth-order valence-electron chi connectivity index (χ4n) is 2.87. The zero-order chi connectivity index (χ0) is 19.1. The molecule has 0 bridgehead atoms. The van der Waals surface area contributed by atoms with E-state index < -0.39 is 7.60 Å². The summed E-state index contributed by atoms with van der Waals surface area (Å²) in [5.41, 5.74) is 2.33. The molecular formula is C20H37N2O3P. The Kier molecular flexibility index (Phi) is 12.7. The molecule has 0 aromatic heterocycles. The number of benzene rings is 1. The minimum Gasteiger partial charge on any atom is -0.385 e. The Bertz CT molecular complexity index is 502. The van der Waals surface area contributed by atoms with Gasteiger partial charge in [-0.2, -0.15) is 0 Å². The summed E-state index contributed by atoms with van der Waals surface area (Å²) in [7, 11) is -3.86. The average Bonchev–Trinajstić information content (AvgIpc) is 2.60. The summed E-state index contributed by atoms with van der Waals surface area (Å²) in [6.45, 7) is 4.61. The van der Waals surface area contributed by atoms with Crippen molar-refractivity contribution >= 4 is 13.3 Å². The SMILES string of the molecule is CCCCCCCCCCNc1ccc(CNCCCP(=O)(O)O)cc1. The Morgan fingerprint density at radius 2 is 1.46 bits per heavy atom. The monoisotopic (exact) mass is 384 g/mol. The van der Waals surface area contributed by atoms with Gasteiger partial charge in [-0.1, -0.05) is 64.0 Å². The van der Waals surface area contributed by atoms with E-state index in [1.807, 2.05) is 0 Å². The maximum Gasteiger partial charge on any atom is 0.325 e. The standard InChI is InChI=1S/C20H37N2O3P/c1-2-3-4-5-6-7-8-9-16-22-20-13-11-19(12-14-20)18-21-15-10-17-26(23,24)25/h11-14,21-22H,2-10,15-18H2,1H3,(H2,23,24,25). The van der Waals surface area contributed by atoms with E-state index in [-0.39, 0.29) is 6.16 Å². The van der Waals surface area contributed by atoms with Crippen molar-refractivity contribution in [2.45, 2.75) is 71.3 Å². The van der Waals surface area contributed by atoms with Crippen LogP contribution in [0, 0.1) is 0 Å². The highest BCUT2D eigenvalue weighted by Crippen LogP contribution is 2.34. The van der Waals surface area contributed by atoms with Crippen molar-refractivity contribution in [3.05, 3.63) is 29.8 Å². The van der Waals surface area contributed by atoms with Crippen LogP contribution >= 0.6 is 7.60 Å². The lowest BCUT2D eigenvalue weighted by Crippen LogP contribution is -2.15. The first-order valence-corrected chi connectivity index (χ1v) is 11.9. The molecule has 0 radical (unpaired) electrons. The third-order valence-corrected chi connectivity index (χ3v) is 5.34. The summed E-state index contributed by atoms with van der Waals surface area (Å²) in [4.78, 5) is 17.6. The van der Waals surface area contributed by atoms with Crippen LogP contribution in [-0.2, 0) is 11.1 Å². The lowest BCUT2D eigenvalue weighted by Gasteiger charge is -2.09. The van der Waals surface area contributed by atoms with E-state index >= 15 is 0 Å². The topological polar surface area (TPSA) is 81.6 Å². The maximum absolute atomic E-state index is 10.8. The van der Waals surface area contributed by atoms with E-state index in [0.29, 0.717) is 13.0 Å². The lowest BCUT2D eigenvalue weighted by molar-refractivity contribution is 0.371. The molecular weight excluding hydrogens is 347 g/mol. The molecule has 0 saturated carbocycles. The van der Waals surface area contributed by atoms with Gasteiger partial charge in [-0.05, 0) is 37.1 Å². The van der Waals surface area contributed by atoms with Gasteiger partial charge in [-0.25, -0.2) is 0 Å². The fraction of sp³-hybridized carbons (Fsp3) is 0.700. The first kappa shape index (κ1) is 23.2. The third kappa shape index (κ3) is 13.3. The molecule has 26 heavy (non-hydrogen) atoms. The highest BCUT2D eigenvalue weighted by atomic mass is 31.2. The van der Waals surface area contributed by atoms with Crippen LogP contribution in [0.1, 0.15) is 70.3 Å². The Morgan fingerprint density at radius 1 is 0.846 bits per heavy atom. The van der Waals surface area contributed by atoms with Crippen molar-refractivity contribution in [2.24, 2.45) is 0 Å². The zero-order valence-electron chi connectivity index (χ0n) is 16.3. The van der Waals surface area contributed by atoms with Crippen molar-refractivity contribution in [2.75, 3.05) is 24.6 Å². The van der Waals surface area contributed by atoms with Gasteiger partial charge in [-0.3, -0.25) is 4.57 Å². The van der Waals surface area contributed by atoms with Crippen LogP contribution in [0.2, 0.25) is 0 Å². The van der Waals surface area contributed by atoms with Crippen LogP contribution < -0.4 is 10.6 Å². The van der Waals surface area contributed by atoms with E-state index in [1.165, 1.54) is 56.9 Å². The minimum atomic E-state index is -3.86. The number of hydrogen-bond donors (Lipinski definition) is 4. The number of unbranched alkanes of at least 4 members (excludes halogenated alkanes) is 7. The van der Waals surface area contributed by atoms with E-state index in [2.05, 4.69) is 41.8 Å². The molecule has 6 heteroatoms. The predicted octanol–water partition coefficient (Wildman–Crippen LogP) is 4.90. The van der Waals surface area contributed by atoms with Crippen LogP contribution in [0.25, 0.3) is 0 Å². The molecule has 0 unspecified atom stereocenters. The summed E-state index contributed by atoms with van der Waals surface area (Å²) in [6, 6.07) is 8.37. The van der Waals surface area contributed by atoms with Crippen molar-refractivity contribution in [1.29, 1.82) is 0 Å². The molecule has 1 aromatic carbocycles. The summed E-state index contributed by atoms with van der Waals surface area (Å²) >= 11 is 0. The minimum absolute atomic E-state index is 0.0540. The first-order chi connectivity index (χ1) is 12.5. The highest BCUT2D eigenvalue weighted by Gasteiger charge is 2.10. The largest absolute Gasteiger partial charge is 0.385 e. The molecule has 0 aliphatic heterocycles. The molecule has 0 atom stereocenters. The molecule has 0 amide bonds. The van der Waals surface area contributed by atoms with Crippen LogP contribution in [-0.4, -0.2) is 29.0 Å². The number of nitrogens with one attached hydrogen (secondary N) is 2. The summed E-state index contributed by atoms with van der Waals surface area (Å²) < 4.78 is 10.8. The fourth-order valence-corrected chi connectivity index (χ4v) is 3.44. The van der Waals surface area contributed by atoms with Gasteiger partial charge in [0.05, 0.1) is 6.16 Å². The van der Waals surface area contributed by atoms with Crippen molar-refractivity contribution in [1.82, 2.24) is 5.32 Å². The summed E-state index contributed by atoms with van der Waals surface area (Å²) in [5, 5.41) is 6.68. The maximum atomic E-state index is 10.8. The molecule has 0 heterocycles. The van der Waals surface area contributed by atoms with Gasteiger partial charge in [-0.15, -0.1) is 0 Å². The van der Waals surface area contributed by atoms with Gasteiger partial charge in [0.25, 0.3) is 0 Å². The van der Waals surface area contributed by atoms with E-state index in [4.69, 9.17) is 9.79 Å². The second-order valence-corrected chi connectivity index (χ2v) is 8.79. The van der Waals surface area contributed by atoms with Crippen LogP contribution in [0.4, 0.5) is 5.69 Å². The van der Waals surface area contributed by atoms with Gasteiger partial charge >= 0.3 is 7.60 Å². The molecule has 1 aromatic rings. The van der Waals surface area contributed by atoms with Gasteiger partial charge in [0.15, 0.2) is 0 Å². The third-order valence-electron chi connectivity index (χ3n) is 4.45. The highest BCUT2D eigenvalue weighted by molar-refractivity contribution is 7.51. The summed E-state index contributed by atoms with van der Waals surface area (Å²) in [6.07, 6.45) is 11.1. The second-order valence-electron chi connectivity index (χ2n) is 7.02. The van der Waals surface area contributed by atoms with Crippen LogP contribution in [0.5, 0.6) is 0 Å².